The lowest BCUT2D eigenvalue weighted by atomic mass is 9.84. The smallest absolute Gasteiger partial charge is 0.335 e. The van der Waals surface area contributed by atoms with Gasteiger partial charge in [-0.05, 0) is 35.4 Å². The van der Waals surface area contributed by atoms with Gasteiger partial charge in [0.2, 0.25) is 5.43 Å². The van der Waals surface area contributed by atoms with E-state index in [1.807, 2.05) is 0 Å². The first kappa shape index (κ1) is 20.3. The van der Waals surface area contributed by atoms with Crippen molar-refractivity contribution in [3.63, 3.8) is 0 Å². The summed E-state index contributed by atoms with van der Waals surface area (Å²) in [5, 5.41) is 29.2. The molecule has 164 valence electrons. The SMILES string of the molecule is O=C1C[C@H](c2ccc(C(=O)O)cc2)c2c(cc(O)c3c(=O)c(-c4ccc(O)cc4)coc23)O1. The van der Waals surface area contributed by atoms with Gasteiger partial charge in [-0.1, -0.05) is 24.3 Å². The van der Waals surface area contributed by atoms with Gasteiger partial charge in [0, 0.05) is 17.5 Å². The minimum Gasteiger partial charge on any atom is -0.508 e. The molecule has 0 spiro atoms. The number of aromatic carboxylic acids is 1. The van der Waals surface area contributed by atoms with Gasteiger partial charge in [0.05, 0.1) is 17.5 Å². The monoisotopic (exact) mass is 444 g/mol. The second kappa shape index (κ2) is 7.52. The lowest BCUT2D eigenvalue weighted by Gasteiger charge is -2.26. The molecule has 0 radical (unpaired) electrons. The molecule has 0 unspecified atom stereocenters. The largest absolute Gasteiger partial charge is 0.508 e. The lowest BCUT2D eigenvalue weighted by molar-refractivity contribution is -0.135. The molecular formula is C25H16O8. The molecule has 0 amide bonds. The highest BCUT2D eigenvalue weighted by Crippen LogP contribution is 2.45. The fourth-order valence-electron chi connectivity index (χ4n) is 4.11. The van der Waals surface area contributed by atoms with Crippen molar-refractivity contribution in [1.82, 2.24) is 0 Å². The van der Waals surface area contributed by atoms with Gasteiger partial charge < -0.3 is 24.5 Å². The van der Waals surface area contributed by atoms with Gasteiger partial charge >= 0.3 is 11.9 Å². The average Bonchev–Trinajstić information content (AvgIpc) is 2.79. The van der Waals surface area contributed by atoms with Gasteiger partial charge in [-0.15, -0.1) is 0 Å². The molecule has 1 aliphatic heterocycles. The fourth-order valence-corrected chi connectivity index (χ4v) is 4.11. The molecule has 8 heteroatoms. The van der Waals surface area contributed by atoms with Crippen LogP contribution in [0, 0.1) is 0 Å². The van der Waals surface area contributed by atoms with Gasteiger partial charge in [-0.3, -0.25) is 9.59 Å². The molecule has 8 nitrogen and oxygen atoms in total. The van der Waals surface area contributed by atoms with E-state index in [1.165, 1.54) is 36.6 Å². The van der Waals surface area contributed by atoms with Crippen LogP contribution in [0.4, 0.5) is 0 Å². The summed E-state index contributed by atoms with van der Waals surface area (Å²) in [7, 11) is 0. The van der Waals surface area contributed by atoms with Crippen molar-refractivity contribution < 1.29 is 34.1 Å². The lowest BCUT2D eigenvalue weighted by Crippen LogP contribution is -2.22. The Morgan fingerprint density at radius 1 is 0.970 bits per heavy atom. The highest BCUT2D eigenvalue weighted by molar-refractivity contribution is 5.94. The number of ether oxygens (including phenoxy) is 1. The van der Waals surface area contributed by atoms with E-state index in [9.17, 15) is 24.6 Å². The minimum absolute atomic E-state index is 0.0411. The summed E-state index contributed by atoms with van der Waals surface area (Å²) in [4.78, 5) is 36.7. The number of benzene rings is 3. The van der Waals surface area contributed by atoms with Crippen molar-refractivity contribution in [3.05, 3.63) is 87.8 Å². The van der Waals surface area contributed by atoms with Crippen molar-refractivity contribution in [2.45, 2.75) is 12.3 Å². The predicted octanol–water partition coefficient (Wildman–Crippen LogP) is 4.01. The number of carbonyl (C=O) groups is 2. The number of carboxylic acids is 1. The molecule has 0 bridgehead atoms. The van der Waals surface area contributed by atoms with Crippen molar-refractivity contribution in [1.29, 1.82) is 0 Å². The van der Waals surface area contributed by atoms with E-state index in [-0.39, 0.29) is 40.0 Å². The first-order valence-corrected chi connectivity index (χ1v) is 9.98. The van der Waals surface area contributed by atoms with Crippen LogP contribution in [0.15, 0.2) is 70.1 Å². The third kappa shape index (κ3) is 3.38. The van der Waals surface area contributed by atoms with Gasteiger partial charge in [0.15, 0.2) is 0 Å². The number of rotatable bonds is 3. The highest BCUT2D eigenvalue weighted by atomic mass is 16.5. The van der Waals surface area contributed by atoms with Crippen LogP contribution >= 0.6 is 0 Å². The number of phenolic OH excluding ortho intramolecular Hbond substituents is 2. The third-order valence-corrected chi connectivity index (χ3v) is 5.71. The van der Waals surface area contributed by atoms with Crippen molar-refractivity contribution >= 4 is 22.9 Å². The number of carbonyl (C=O) groups excluding carboxylic acids is 1. The quantitative estimate of drug-likeness (QED) is 0.319. The Hall–Kier alpha value is -4.59. The van der Waals surface area contributed by atoms with Crippen LogP contribution in [0.2, 0.25) is 0 Å². The molecule has 1 aromatic heterocycles. The number of hydrogen-bond acceptors (Lipinski definition) is 7. The second-order valence-corrected chi connectivity index (χ2v) is 7.69. The van der Waals surface area contributed by atoms with E-state index in [0.717, 1.165) is 0 Å². The molecule has 0 saturated carbocycles. The summed E-state index contributed by atoms with van der Waals surface area (Å²) in [6.45, 7) is 0. The van der Waals surface area contributed by atoms with Gasteiger partial charge in [-0.2, -0.15) is 0 Å². The standard InChI is InChI=1S/C25H16O8/c26-15-7-5-13(6-8-15)17-11-32-24-21-16(12-1-3-14(4-2-12)25(30)31)9-20(28)33-19(21)10-18(27)22(24)23(17)29/h1-8,10-11,16,26-27H,9H2,(H,30,31)/t16-/m1/s1. The Kier molecular flexibility index (Phi) is 4.63. The Morgan fingerprint density at radius 2 is 1.67 bits per heavy atom. The first-order chi connectivity index (χ1) is 15.8. The number of phenols is 2. The summed E-state index contributed by atoms with van der Waals surface area (Å²) in [5.74, 6) is -2.46. The zero-order valence-electron chi connectivity index (χ0n) is 16.9. The van der Waals surface area contributed by atoms with Crippen LogP contribution in [-0.4, -0.2) is 27.3 Å². The minimum atomic E-state index is -1.08. The van der Waals surface area contributed by atoms with E-state index < -0.39 is 29.0 Å². The zero-order valence-corrected chi connectivity index (χ0v) is 16.9. The first-order valence-electron chi connectivity index (χ1n) is 9.98. The summed E-state index contributed by atoms with van der Waals surface area (Å²) in [5.41, 5.74) is 1.42. The Morgan fingerprint density at radius 3 is 2.33 bits per heavy atom. The molecule has 3 aromatic carbocycles. The van der Waals surface area contributed by atoms with E-state index >= 15 is 0 Å². The second-order valence-electron chi connectivity index (χ2n) is 7.69. The van der Waals surface area contributed by atoms with Crippen molar-refractivity contribution in [2.24, 2.45) is 0 Å². The molecule has 3 N–H and O–H groups in total. The summed E-state index contributed by atoms with van der Waals surface area (Å²) >= 11 is 0. The molecule has 4 aromatic rings. The molecule has 1 atom stereocenters. The Bertz CT molecular complexity index is 1480. The molecule has 1 aliphatic rings. The van der Waals surface area contributed by atoms with Crippen molar-refractivity contribution in [2.75, 3.05) is 0 Å². The van der Waals surface area contributed by atoms with Gasteiger partial charge in [-0.25, -0.2) is 4.79 Å². The van der Waals surface area contributed by atoms with Crippen LogP contribution < -0.4 is 10.2 Å². The van der Waals surface area contributed by atoms with Crippen LogP contribution in [-0.2, 0) is 4.79 Å². The zero-order chi connectivity index (χ0) is 23.3. The van der Waals surface area contributed by atoms with Crippen LogP contribution in [0.1, 0.15) is 33.8 Å². The van der Waals surface area contributed by atoms with Gasteiger partial charge in [0.25, 0.3) is 0 Å². The molecule has 33 heavy (non-hydrogen) atoms. The van der Waals surface area contributed by atoms with Crippen LogP contribution in [0.5, 0.6) is 17.2 Å². The Balaban J connectivity index is 1.73. The topological polar surface area (TPSA) is 134 Å². The maximum Gasteiger partial charge on any atom is 0.335 e. The third-order valence-electron chi connectivity index (χ3n) is 5.71. The number of esters is 1. The number of carboxylic acid groups (broad SMARTS) is 1. The fraction of sp³-hybridized carbons (Fsp3) is 0.0800. The molecule has 2 heterocycles. The average molecular weight is 444 g/mol. The highest BCUT2D eigenvalue weighted by Gasteiger charge is 2.33. The normalized spacial score (nSPS) is 15.2. The summed E-state index contributed by atoms with van der Waals surface area (Å²) in [6.07, 6.45) is 1.21. The number of fused-ring (bicyclic) bond motifs is 3. The van der Waals surface area contributed by atoms with Crippen LogP contribution in [0.3, 0.4) is 0 Å². The van der Waals surface area contributed by atoms with Gasteiger partial charge in [0.1, 0.15) is 34.5 Å². The number of hydrogen-bond donors (Lipinski definition) is 3. The van der Waals surface area contributed by atoms with Crippen LogP contribution in [0.25, 0.3) is 22.1 Å². The van der Waals surface area contributed by atoms with E-state index in [4.69, 9.17) is 14.3 Å². The summed E-state index contributed by atoms with van der Waals surface area (Å²) < 4.78 is 11.1. The molecule has 0 saturated heterocycles. The van der Waals surface area contributed by atoms with E-state index in [1.54, 1.807) is 24.3 Å². The summed E-state index contributed by atoms with van der Waals surface area (Å²) in [6, 6.07) is 13.2. The molecule has 0 fully saturated rings. The predicted molar refractivity (Wildman–Crippen MR) is 117 cm³/mol. The molecule has 5 rings (SSSR count). The maximum atomic E-state index is 13.3. The Labute approximate surface area is 185 Å². The van der Waals surface area contributed by atoms with E-state index in [0.29, 0.717) is 16.7 Å². The van der Waals surface area contributed by atoms with Crippen molar-refractivity contribution in [3.8, 4) is 28.4 Å². The van der Waals surface area contributed by atoms with E-state index in [2.05, 4.69) is 0 Å². The molecule has 0 aliphatic carbocycles. The maximum absolute atomic E-state index is 13.3. The number of aromatic hydroxyl groups is 2. The molecular weight excluding hydrogens is 428 g/mol.